The monoisotopic (exact) mass is 242 g/mol. The highest BCUT2D eigenvalue weighted by atomic mass is 35.5. The van der Waals surface area contributed by atoms with Crippen molar-refractivity contribution in [2.45, 2.75) is 25.7 Å². The normalized spacial score (nSPS) is 25.9. The molecule has 1 aliphatic heterocycles. The second-order valence-corrected chi connectivity index (χ2v) is 5.69. The molecule has 0 spiro atoms. The van der Waals surface area contributed by atoms with Crippen LogP contribution < -0.4 is 0 Å². The summed E-state index contributed by atoms with van der Waals surface area (Å²) in [5.41, 5.74) is 3.26. The van der Waals surface area contributed by atoms with Gasteiger partial charge in [0.1, 0.15) is 0 Å². The fourth-order valence-corrected chi connectivity index (χ4v) is 3.59. The Hall–Kier alpha value is -0.180. The van der Waals surface area contributed by atoms with E-state index in [0.29, 0.717) is 5.92 Å². The van der Waals surface area contributed by atoms with Crippen molar-refractivity contribution in [3.05, 3.63) is 33.8 Å². The standard InChI is InChI=1S/C12H15ClOS/c1-7-3-9-10(11(13)4-7)6-15-5-8(2)12(9)14/h3-4,8,12,14H,5-6H2,1-2H3. The molecule has 0 radical (unpaired) electrons. The predicted molar refractivity (Wildman–Crippen MR) is 66.5 cm³/mol. The second-order valence-electron chi connectivity index (χ2n) is 4.25. The molecule has 0 bridgehead atoms. The minimum Gasteiger partial charge on any atom is -0.388 e. The SMILES string of the molecule is Cc1cc(Cl)c2c(c1)C(O)C(C)CSC2. The van der Waals surface area contributed by atoms with E-state index in [-0.39, 0.29) is 6.10 Å². The summed E-state index contributed by atoms with van der Waals surface area (Å²) in [6.07, 6.45) is -0.368. The molecule has 0 saturated heterocycles. The summed E-state index contributed by atoms with van der Waals surface area (Å²) in [6, 6.07) is 4.04. The molecule has 1 N–H and O–H groups in total. The van der Waals surface area contributed by atoms with E-state index in [1.807, 2.05) is 24.8 Å². The van der Waals surface area contributed by atoms with Crippen LogP contribution in [0.25, 0.3) is 0 Å². The van der Waals surface area contributed by atoms with Gasteiger partial charge in [-0.15, -0.1) is 0 Å². The van der Waals surface area contributed by atoms with Crippen molar-refractivity contribution >= 4 is 23.4 Å². The lowest BCUT2D eigenvalue weighted by Gasteiger charge is -2.18. The maximum absolute atomic E-state index is 10.2. The van der Waals surface area contributed by atoms with E-state index in [1.54, 1.807) is 0 Å². The molecule has 1 nitrogen and oxygen atoms in total. The van der Waals surface area contributed by atoms with E-state index in [2.05, 4.69) is 13.0 Å². The van der Waals surface area contributed by atoms with Crippen LogP contribution >= 0.6 is 23.4 Å². The van der Waals surface area contributed by atoms with Gasteiger partial charge in [-0.05, 0) is 41.4 Å². The van der Waals surface area contributed by atoms with Crippen LogP contribution in [0, 0.1) is 12.8 Å². The van der Waals surface area contributed by atoms with Gasteiger partial charge in [0, 0.05) is 10.8 Å². The lowest BCUT2D eigenvalue weighted by Crippen LogP contribution is -2.10. The van der Waals surface area contributed by atoms with Gasteiger partial charge in [0.15, 0.2) is 0 Å². The fourth-order valence-electron chi connectivity index (χ4n) is 1.96. The Kier molecular flexibility index (Phi) is 3.29. The largest absolute Gasteiger partial charge is 0.388 e. The smallest absolute Gasteiger partial charge is 0.0827 e. The zero-order valence-corrected chi connectivity index (χ0v) is 10.5. The van der Waals surface area contributed by atoms with Crippen LogP contribution in [0.15, 0.2) is 12.1 Å². The van der Waals surface area contributed by atoms with Crippen LogP contribution in [0.3, 0.4) is 0 Å². The van der Waals surface area contributed by atoms with E-state index in [9.17, 15) is 5.11 Å². The molecule has 2 rings (SSSR count). The summed E-state index contributed by atoms with van der Waals surface area (Å²) >= 11 is 8.05. The van der Waals surface area contributed by atoms with Crippen LogP contribution in [-0.2, 0) is 5.75 Å². The molecule has 2 unspecified atom stereocenters. The molecule has 0 amide bonds. The van der Waals surface area contributed by atoms with Crippen LogP contribution in [0.2, 0.25) is 5.02 Å². The van der Waals surface area contributed by atoms with Gasteiger partial charge in [0.25, 0.3) is 0 Å². The van der Waals surface area contributed by atoms with Crippen molar-refractivity contribution in [1.82, 2.24) is 0 Å². The van der Waals surface area contributed by atoms with Gasteiger partial charge in [0.05, 0.1) is 6.10 Å². The van der Waals surface area contributed by atoms with Crippen molar-refractivity contribution in [2.75, 3.05) is 5.75 Å². The van der Waals surface area contributed by atoms with Crippen molar-refractivity contribution in [2.24, 2.45) is 5.92 Å². The minimum absolute atomic E-state index is 0.300. The molecular formula is C12H15ClOS. The summed E-state index contributed by atoms with van der Waals surface area (Å²) < 4.78 is 0. The van der Waals surface area contributed by atoms with Gasteiger partial charge in [-0.3, -0.25) is 0 Å². The first-order chi connectivity index (χ1) is 7.09. The van der Waals surface area contributed by atoms with Crippen molar-refractivity contribution in [1.29, 1.82) is 0 Å². The Morgan fingerprint density at radius 2 is 2.20 bits per heavy atom. The third kappa shape index (κ3) is 2.17. The third-order valence-electron chi connectivity index (χ3n) is 2.86. The molecule has 15 heavy (non-hydrogen) atoms. The first kappa shape index (κ1) is 11.3. The Morgan fingerprint density at radius 3 is 2.93 bits per heavy atom. The van der Waals surface area contributed by atoms with Crippen LogP contribution in [0.1, 0.15) is 29.7 Å². The van der Waals surface area contributed by atoms with Crippen LogP contribution in [-0.4, -0.2) is 10.9 Å². The summed E-state index contributed by atoms with van der Waals surface area (Å²) in [4.78, 5) is 0. The van der Waals surface area contributed by atoms with Crippen molar-refractivity contribution in [3.63, 3.8) is 0 Å². The van der Waals surface area contributed by atoms with Gasteiger partial charge in [-0.2, -0.15) is 11.8 Å². The average Bonchev–Trinajstić information content (AvgIpc) is 2.30. The predicted octanol–water partition coefficient (Wildman–Crippen LogP) is 3.56. The number of hydrogen-bond donors (Lipinski definition) is 1. The van der Waals surface area contributed by atoms with Gasteiger partial charge in [0.2, 0.25) is 0 Å². The maximum atomic E-state index is 10.2. The number of aliphatic hydroxyl groups is 1. The first-order valence-corrected chi connectivity index (χ1v) is 6.67. The minimum atomic E-state index is -0.368. The van der Waals surface area contributed by atoms with Gasteiger partial charge in [-0.1, -0.05) is 24.6 Å². The molecule has 0 aliphatic carbocycles. The number of halogens is 1. The average molecular weight is 243 g/mol. The Bertz CT molecular complexity index is 378. The molecule has 3 heteroatoms. The van der Waals surface area contributed by atoms with E-state index < -0.39 is 0 Å². The Labute approximate surface area is 99.8 Å². The summed E-state index contributed by atoms with van der Waals surface area (Å²) in [7, 11) is 0. The summed E-state index contributed by atoms with van der Waals surface area (Å²) in [5, 5.41) is 11.0. The number of thioether (sulfide) groups is 1. The quantitative estimate of drug-likeness (QED) is 0.751. The number of benzene rings is 1. The highest BCUT2D eigenvalue weighted by Gasteiger charge is 2.24. The van der Waals surface area contributed by atoms with E-state index >= 15 is 0 Å². The molecule has 1 heterocycles. The molecule has 2 atom stereocenters. The van der Waals surface area contributed by atoms with E-state index in [0.717, 1.165) is 33.2 Å². The fraction of sp³-hybridized carbons (Fsp3) is 0.500. The maximum Gasteiger partial charge on any atom is 0.0827 e. The number of fused-ring (bicyclic) bond motifs is 1. The highest BCUT2D eigenvalue weighted by molar-refractivity contribution is 7.98. The van der Waals surface area contributed by atoms with E-state index in [1.165, 1.54) is 0 Å². The third-order valence-corrected chi connectivity index (χ3v) is 4.45. The summed E-state index contributed by atoms with van der Waals surface area (Å²) in [5.74, 6) is 2.20. The van der Waals surface area contributed by atoms with Crippen LogP contribution in [0.5, 0.6) is 0 Å². The molecule has 0 fully saturated rings. The number of hydrogen-bond acceptors (Lipinski definition) is 2. The van der Waals surface area contributed by atoms with E-state index in [4.69, 9.17) is 11.6 Å². The number of aryl methyl sites for hydroxylation is 1. The van der Waals surface area contributed by atoms with Crippen molar-refractivity contribution < 1.29 is 5.11 Å². The van der Waals surface area contributed by atoms with Gasteiger partial charge < -0.3 is 5.11 Å². The van der Waals surface area contributed by atoms with Gasteiger partial charge in [-0.25, -0.2) is 0 Å². The van der Waals surface area contributed by atoms with Crippen LogP contribution in [0.4, 0.5) is 0 Å². The summed E-state index contributed by atoms with van der Waals surface area (Å²) in [6.45, 7) is 4.10. The second kappa shape index (κ2) is 4.36. The Morgan fingerprint density at radius 1 is 1.47 bits per heavy atom. The molecule has 1 aromatic rings. The zero-order valence-electron chi connectivity index (χ0n) is 8.96. The first-order valence-electron chi connectivity index (χ1n) is 5.14. The number of aliphatic hydroxyl groups excluding tert-OH is 1. The van der Waals surface area contributed by atoms with Gasteiger partial charge >= 0.3 is 0 Å². The zero-order chi connectivity index (χ0) is 11.0. The molecule has 1 aromatic carbocycles. The molecule has 82 valence electrons. The lowest BCUT2D eigenvalue weighted by molar-refractivity contribution is 0.129. The lowest BCUT2D eigenvalue weighted by atomic mass is 9.94. The molecule has 1 aliphatic rings. The Balaban J connectivity index is 2.53. The topological polar surface area (TPSA) is 20.2 Å². The molecule has 0 saturated carbocycles. The number of rotatable bonds is 0. The highest BCUT2D eigenvalue weighted by Crippen LogP contribution is 2.38. The molecule has 0 aromatic heterocycles. The molecular weight excluding hydrogens is 228 g/mol. The van der Waals surface area contributed by atoms with Crippen molar-refractivity contribution in [3.8, 4) is 0 Å².